The van der Waals surface area contributed by atoms with Crippen molar-refractivity contribution in [1.29, 1.82) is 0 Å². The molecular formula is C47H29N7. The molecule has 11 rings (SSSR count). The van der Waals surface area contributed by atoms with E-state index < -0.39 is 0 Å². The van der Waals surface area contributed by atoms with Crippen molar-refractivity contribution in [3.05, 3.63) is 176 Å². The van der Waals surface area contributed by atoms with E-state index in [0.717, 1.165) is 83.2 Å². The molecule has 11 aromatic rings. The summed E-state index contributed by atoms with van der Waals surface area (Å²) >= 11 is 0. The maximum atomic E-state index is 5.35. The number of imidazole rings is 1. The first-order valence-corrected chi connectivity index (χ1v) is 17.9. The summed E-state index contributed by atoms with van der Waals surface area (Å²) in [5.41, 5.74) is 10.8. The van der Waals surface area contributed by atoms with Crippen molar-refractivity contribution in [3.8, 4) is 51.2 Å². The summed E-state index contributed by atoms with van der Waals surface area (Å²) in [7, 11) is 0. The number of aromatic nitrogens is 7. The van der Waals surface area contributed by atoms with Gasteiger partial charge in [0.25, 0.3) is 0 Å². The summed E-state index contributed by atoms with van der Waals surface area (Å²) in [4.78, 5) is 25.4. The van der Waals surface area contributed by atoms with Crippen molar-refractivity contribution >= 4 is 49.4 Å². The maximum absolute atomic E-state index is 5.35. The van der Waals surface area contributed by atoms with E-state index >= 15 is 0 Å². The third kappa shape index (κ3) is 4.79. The number of hydrogen-bond acceptors (Lipinski definition) is 5. The normalized spacial score (nSPS) is 11.7. The molecule has 0 radical (unpaired) electrons. The minimum Gasteiger partial charge on any atom is -0.279 e. The quantitative estimate of drug-likeness (QED) is 0.180. The van der Waals surface area contributed by atoms with Crippen molar-refractivity contribution in [2.45, 2.75) is 0 Å². The van der Waals surface area contributed by atoms with Crippen LogP contribution in [0, 0.1) is 0 Å². The van der Waals surface area contributed by atoms with Gasteiger partial charge in [-0.05, 0) is 53.6 Å². The Kier molecular flexibility index (Phi) is 6.72. The first kappa shape index (κ1) is 30.1. The molecule has 0 saturated carbocycles. The molecule has 252 valence electrons. The Bertz CT molecular complexity index is 3160. The van der Waals surface area contributed by atoms with E-state index in [1.54, 1.807) is 0 Å². The van der Waals surface area contributed by atoms with Gasteiger partial charge in [-0.25, -0.2) is 24.9 Å². The minimum absolute atomic E-state index is 0.620. The lowest BCUT2D eigenvalue weighted by Crippen LogP contribution is -2.06. The molecule has 0 aliphatic carbocycles. The molecule has 0 spiro atoms. The van der Waals surface area contributed by atoms with Gasteiger partial charge in [0.05, 0.1) is 27.6 Å². The highest BCUT2D eigenvalue weighted by Crippen LogP contribution is 2.37. The highest BCUT2D eigenvalue weighted by atomic mass is 15.2. The van der Waals surface area contributed by atoms with Crippen LogP contribution < -0.4 is 0 Å². The van der Waals surface area contributed by atoms with E-state index in [1.807, 2.05) is 78.9 Å². The Hall–Kier alpha value is -7.51. The second kappa shape index (κ2) is 12.0. The van der Waals surface area contributed by atoms with Gasteiger partial charge in [0.2, 0.25) is 5.95 Å². The Morgan fingerprint density at radius 1 is 0.315 bits per heavy atom. The minimum atomic E-state index is 0.620. The third-order valence-electron chi connectivity index (χ3n) is 10.2. The molecule has 0 aliphatic rings. The topological polar surface area (TPSA) is 73.8 Å². The van der Waals surface area contributed by atoms with Crippen LogP contribution in [-0.4, -0.2) is 33.9 Å². The lowest BCUT2D eigenvalue weighted by Gasteiger charge is -2.13. The maximum Gasteiger partial charge on any atom is 0.221 e. The molecule has 7 aromatic carbocycles. The van der Waals surface area contributed by atoms with Crippen LogP contribution in [0.15, 0.2) is 176 Å². The Balaban J connectivity index is 1.12. The van der Waals surface area contributed by atoms with Gasteiger partial charge in [-0.15, -0.1) is 0 Å². The van der Waals surface area contributed by atoms with Gasteiger partial charge in [0, 0.05) is 32.8 Å². The van der Waals surface area contributed by atoms with Crippen LogP contribution >= 0.6 is 0 Å². The number of rotatable bonds is 5. The summed E-state index contributed by atoms with van der Waals surface area (Å²) in [5.74, 6) is 2.69. The second-order valence-corrected chi connectivity index (χ2v) is 13.4. The highest BCUT2D eigenvalue weighted by molar-refractivity contribution is 6.10. The molecule has 0 saturated heterocycles. The molecule has 0 aliphatic heterocycles. The molecular weight excluding hydrogens is 663 g/mol. The first-order chi connectivity index (χ1) is 26.8. The number of benzene rings is 7. The van der Waals surface area contributed by atoms with Gasteiger partial charge in [0.15, 0.2) is 17.5 Å². The van der Waals surface area contributed by atoms with Crippen molar-refractivity contribution in [1.82, 2.24) is 33.9 Å². The van der Waals surface area contributed by atoms with Crippen LogP contribution in [0.1, 0.15) is 0 Å². The van der Waals surface area contributed by atoms with Crippen molar-refractivity contribution in [3.63, 3.8) is 0 Å². The SMILES string of the molecule is c1ccc(-c2nc(-c3ccccc3)nc(-c3cccc(-c4ccc5c6ccccc6n(-c6nc7ccccc7c7nc8ccccc8n67)c5c4)c3)n2)cc1. The molecule has 0 atom stereocenters. The van der Waals surface area contributed by atoms with Gasteiger partial charge in [0.1, 0.15) is 5.65 Å². The molecule has 7 nitrogen and oxygen atoms in total. The predicted molar refractivity (Wildman–Crippen MR) is 217 cm³/mol. The van der Waals surface area contributed by atoms with Crippen molar-refractivity contribution < 1.29 is 0 Å². The molecule has 0 unspecified atom stereocenters. The van der Waals surface area contributed by atoms with Gasteiger partial charge >= 0.3 is 0 Å². The summed E-state index contributed by atoms with van der Waals surface area (Å²) < 4.78 is 4.49. The first-order valence-electron chi connectivity index (χ1n) is 17.9. The summed E-state index contributed by atoms with van der Waals surface area (Å²) in [6.07, 6.45) is 0. The van der Waals surface area contributed by atoms with E-state index in [1.165, 1.54) is 0 Å². The summed E-state index contributed by atoms with van der Waals surface area (Å²) in [6, 6.07) is 60.4. The smallest absolute Gasteiger partial charge is 0.221 e. The number of para-hydroxylation sites is 4. The number of hydrogen-bond donors (Lipinski definition) is 0. The van der Waals surface area contributed by atoms with Crippen molar-refractivity contribution in [2.75, 3.05) is 0 Å². The van der Waals surface area contributed by atoms with Gasteiger partial charge in [-0.1, -0.05) is 133 Å². The van der Waals surface area contributed by atoms with E-state index in [2.05, 4.69) is 106 Å². The van der Waals surface area contributed by atoms with E-state index in [9.17, 15) is 0 Å². The fourth-order valence-electron chi connectivity index (χ4n) is 7.62. The number of nitrogens with zero attached hydrogens (tertiary/aromatic N) is 7. The van der Waals surface area contributed by atoms with E-state index in [-0.39, 0.29) is 0 Å². The van der Waals surface area contributed by atoms with Crippen LogP contribution in [0.3, 0.4) is 0 Å². The zero-order chi connectivity index (χ0) is 35.6. The van der Waals surface area contributed by atoms with E-state index in [0.29, 0.717) is 17.5 Å². The fourth-order valence-corrected chi connectivity index (χ4v) is 7.62. The predicted octanol–water partition coefficient (Wildman–Crippen LogP) is 11.0. The Morgan fingerprint density at radius 3 is 1.59 bits per heavy atom. The van der Waals surface area contributed by atoms with Crippen LogP contribution in [0.2, 0.25) is 0 Å². The Labute approximate surface area is 309 Å². The lowest BCUT2D eigenvalue weighted by atomic mass is 10.0. The second-order valence-electron chi connectivity index (χ2n) is 13.4. The summed E-state index contributed by atoms with van der Waals surface area (Å²) in [5, 5.41) is 3.32. The van der Waals surface area contributed by atoms with E-state index in [4.69, 9.17) is 24.9 Å². The Morgan fingerprint density at radius 2 is 0.852 bits per heavy atom. The van der Waals surface area contributed by atoms with Crippen LogP contribution in [-0.2, 0) is 0 Å². The lowest BCUT2D eigenvalue weighted by molar-refractivity contribution is 0.979. The highest BCUT2D eigenvalue weighted by Gasteiger charge is 2.20. The third-order valence-corrected chi connectivity index (χ3v) is 10.2. The van der Waals surface area contributed by atoms with Crippen LogP contribution in [0.4, 0.5) is 0 Å². The van der Waals surface area contributed by atoms with Crippen LogP contribution in [0.5, 0.6) is 0 Å². The van der Waals surface area contributed by atoms with Crippen molar-refractivity contribution in [2.24, 2.45) is 0 Å². The van der Waals surface area contributed by atoms with Gasteiger partial charge in [-0.3, -0.25) is 8.97 Å². The van der Waals surface area contributed by atoms with Gasteiger partial charge in [-0.2, -0.15) is 0 Å². The summed E-state index contributed by atoms with van der Waals surface area (Å²) in [6.45, 7) is 0. The average molecular weight is 692 g/mol. The standard InChI is InChI=1S/C47H29N7/c1-3-14-30(15-4-1)43-50-44(31-16-5-2-6-17-31)52-45(51-43)34-19-13-18-32(28-34)33-26-27-36-35-20-8-11-24-40(35)53(42(36)29-33)47-49-38-22-9-7-21-37(38)46-48-39-23-10-12-25-41(39)54(46)47/h1-29H. The monoisotopic (exact) mass is 691 g/mol. The molecule has 0 N–H and O–H groups in total. The molecule has 54 heavy (non-hydrogen) atoms. The average Bonchev–Trinajstić information content (AvgIpc) is 3.80. The van der Waals surface area contributed by atoms with Gasteiger partial charge < -0.3 is 0 Å². The zero-order valence-corrected chi connectivity index (χ0v) is 28.9. The molecule has 0 amide bonds. The fraction of sp³-hybridized carbons (Fsp3) is 0. The molecule has 0 bridgehead atoms. The molecule has 7 heteroatoms. The number of fused-ring (bicyclic) bond motifs is 8. The molecule has 0 fully saturated rings. The zero-order valence-electron chi connectivity index (χ0n) is 28.9. The van der Waals surface area contributed by atoms with Crippen LogP contribution in [0.25, 0.3) is 101 Å². The molecule has 4 heterocycles. The molecule has 4 aromatic heterocycles. The largest absolute Gasteiger partial charge is 0.279 e.